The Morgan fingerprint density at radius 2 is 1.26 bits per heavy atom. The molecule has 6 heteroatoms. The Balaban J connectivity index is 1.33. The van der Waals surface area contributed by atoms with E-state index in [1.165, 1.54) is 21.8 Å². The van der Waals surface area contributed by atoms with Gasteiger partial charge < -0.3 is 13.7 Å². The highest BCUT2D eigenvalue weighted by atomic mass is 16.3. The van der Waals surface area contributed by atoms with E-state index in [0.717, 1.165) is 72.4 Å². The van der Waals surface area contributed by atoms with E-state index in [2.05, 4.69) is 100 Å². The minimum Gasteiger partial charge on any atom is -0.468 e. The Labute approximate surface area is 245 Å². The van der Waals surface area contributed by atoms with Crippen molar-refractivity contribution in [3.05, 3.63) is 121 Å². The van der Waals surface area contributed by atoms with Gasteiger partial charge >= 0.3 is 0 Å². The molecule has 6 heterocycles. The van der Waals surface area contributed by atoms with E-state index >= 15 is 0 Å². The molecule has 0 N–H and O–H groups in total. The van der Waals surface area contributed by atoms with Crippen LogP contribution >= 0.6 is 0 Å². The largest absolute Gasteiger partial charge is 0.468 e. The molecule has 0 atom stereocenters. The molecule has 2 aliphatic rings. The van der Waals surface area contributed by atoms with Crippen molar-refractivity contribution >= 4 is 95.2 Å². The van der Waals surface area contributed by atoms with Crippen LogP contribution in [-0.2, 0) is 0 Å². The van der Waals surface area contributed by atoms with Gasteiger partial charge in [-0.25, -0.2) is 4.98 Å². The second kappa shape index (κ2) is 7.55. The highest BCUT2D eigenvalue weighted by molar-refractivity contribution is 7.00. The highest BCUT2D eigenvalue weighted by Crippen LogP contribution is 2.47. The lowest BCUT2D eigenvalue weighted by Crippen LogP contribution is -2.60. The molecule has 0 saturated heterocycles. The number of rotatable bonds is 1. The van der Waals surface area contributed by atoms with Gasteiger partial charge in [0.05, 0.1) is 22.6 Å². The van der Waals surface area contributed by atoms with Gasteiger partial charge in [-0.15, -0.1) is 0 Å². The van der Waals surface area contributed by atoms with Gasteiger partial charge in [-0.3, -0.25) is 4.57 Å². The third kappa shape index (κ3) is 2.55. The Bertz CT molecular complexity index is 2660. The van der Waals surface area contributed by atoms with Crippen molar-refractivity contribution < 1.29 is 8.83 Å². The number of benzene rings is 5. The van der Waals surface area contributed by atoms with Crippen molar-refractivity contribution in [3.63, 3.8) is 0 Å². The lowest BCUT2D eigenvalue weighted by molar-refractivity contribution is 0.651. The first-order chi connectivity index (χ1) is 21.4. The Morgan fingerprint density at radius 3 is 2.19 bits per heavy atom. The molecule has 0 saturated carbocycles. The van der Waals surface area contributed by atoms with Gasteiger partial charge in [0.15, 0.2) is 5.58 Å². The van der Waals surface area contributed by atoms with Crippen LogP contribution in [0.2, 0.25) is 0 Å². The van der Waals surface area contributed by atoms with Crippen molar-refractivity contribution in [2.45, 2.75) is 0 Å². The molecule has 2 aliphatic heterocycles. The first-order valence-electron chi connectivity index (χ1n) is 14.6. The predicted octanol–water partition coefficient (Wildman–Crippen LogP) is 7.44. The van der Waals surface area contributed by atoms with Gasteiger partial charge in [0, 0.05) is 44.5 Å². The van der Waals surface area contributed by atoms with Crippen LogP contribution < -0.4 is 21.5 Å². The minimum atomic E-state index is -0.0692. The molecule has 0 bridgehead atoms. The molecule has 0 radical (unpaired) electrons. The van der Waals surface area contributed by atoms with Crippen LogP contribution in [0, 0.1) is 0 Å². The van der Waals surface area contributed by atoms with Crippen molar-refractivity contribution in [1.29, 1.82) is 0 Å². The van der Waals surface area contributed by atoms with Gasteiger partial charge in [-0.2, -0.15) is 0 Å². The van der Waals surface area contributed by atoms with E-state index in [4.69, 9.17) is 13.8 Å². The number of aromatic nitrogens is 2. The van der Waals surface area contributed by atoms with E-state index in [1.807, 2.05) is 30.5 Å². The van der Waals surface area contributed by atoms with E-state index in [0.29, 0.717) is 0 Å². The van der Waals surface area contributed by atoms with Crippen LogP contribution in [0.15, 0.2) is 130 Å². The van der Waals surface area contributed by atoms with Gasteiger partial charge in [-0.1, -0.05) is 66.7 Å². The number of hydrogen-bond donors (Lipinski definition) is 0. The molecule has 4 aromatic heterocycles. The quantitative estimate of drug-likeness (QED) is 0.200. The lowest BCUT2D eigenvalue weighted by Gasteiger charge is -2.37. The summed E-state index contributed by atoms with van der Waals surface area (Å²) in [6.45, 7) is -0.0692. The van der Waals surface area contributed by atoms with Crippen molar-refractivity contribution in [1.82, 2.24) is 9.55 Å². The second-order valence-electron chi connectivity index (χ2n) is 11.5. The van der Waals surface area contributed by atoms with E-state index < -0.39 is 0 Å². The zero-order valence-electron chi connectivity index (χ0n) is 22.8. The summed E-state index contributed by atoms with van der Waals surface area (Å²) in [6, 6.07) is 40.6. The third-order valence-corrected chi connectivity index (χ3v) is 9.43. The fourth-order valence-corrected chi connectivity index (χ4v) is 7.80. The Hall–Kier alpha value is -5.75. The fraction of sp³-hybridized carbons (Fsp3) is 0. The smallest absolute Gasteiger partial charge is 0.297 e. The molecular formula is C37H20BN3O2. The van der Waals surface area contributed by atoms with Gasteiger partial charge in [0.1, 0.15) is 16.8 Å². The van der Waals surface area contributed by atoms with Crippen LogP contribution in [-0.4, -0.2) is 16.3 Å². The van der Waals surface area contributed by atoms with E-state index in [9.17, 15) is 0 Å². The molecule has 43 heavy (non-hydrogen) atoms. The molecule has 0 aliphatic carbocycles. The van der Waals surface area contributed by atoms with Gasteiger partial charge in [0.25, 0.3) is 6.71 Å². The van der Waals surface area contributed by atoms with E-state index in [-0.39, 0.29) is 6.71 Å². The SMILES string of the molecule is c1cc2c3c(c1)-n1c4ncccc4c4cccc(c41)B3c1oc3ccccc3c1N2c1cccc2c1oc1ccccc12. The van der Waals surface area contributed by atoms with Crippen LogP contribution in [0.25, 0.3) is 60.5 Å². The summed E-state index contributed by atoms with van der Waals surface area (Å²) in [5.74, 6) is 0. The van der Waals surface area contributed by atoms with Gasteiger partial charge in [-0.05, 0) is 59.5 Å². The zero-order valence-corrected chi connectivity index (χ0v) is 22.8. The number of fused-ring (bicyclic) bond motifs is 12. The average Bonchev–Trinajstić information content (AvgIpc) is 3.74. The molecule has 11 rings (SSSR count). The first kappa shape index (κ1) is 21.9. The minimum absolute atomic E-state index is 0.0692. The summed E-state index contributed by atoms with van der Waals surface area (Å²) in [4.78, 5) is 7.26. The normalized spacial score (nSPS) is 13.5. The summed E-state index contributed by atoms with van der Waals surface area (Å²) in [5.41, 5.74) is 12.5. The van der Waals surface area contributed by atoms with Crippen molar-refractivity contribution in [3.8, 4) is 5.69 Å². The standard InChI is InChI=1S/C37H20BN3O2/c1-3-18-30-21(9-1)23-12-6-17-29(35(23)42-30)40-27-15-7-16-28-32(27)38(36-34(40)25-10-2-4-19-31(25)43-36)26-14-5-11-22-24-13-8-20-39-37(24)41(28)33(22)26/h1-20H. The topological polar surface area (TPSA) is 47.3 Å². The maximum Gasteiger partial charge on any atom is 0.297 e. The molecule has 5 aromatic carbocycles. The highest BCUT2D eigenvalue weighted by Gasteiger charge is 2.45. The monoisotopic (exact) mass is 549 g/mol. The van der Waals surface area contributed by atoms with Crippen LogP contribution in [0.1, 0.15) is 0 Å². The summed E-state index contributed by atoms with van der Waals surface area (Å²) in [5, 5.41) is 5.67. The molecule has 0 fully saturated rings. The van der Waals surface area contributed by atoms with Crippen LogP contribution in [0.5, 0.6) is 0 Å². The number of pyridine rings is 1. The Morgan fingerprint density at radius 1 is 0.558 bits per heavy atom. The summed E-state index contributed by atoms with van der Waals surface area (Å²) < 4.78 is 15.8. The zero-order chi connectivity index (χ0) is 27.8. The predicted molar refractivity (Wildman–Crippen MR) is 175 cm³/mol. The number of para-hydroxylation sites is 4. The molecule has 0 unspecified atom stereocenters. The molecular weight excluding hydrogens is 529 g/mol. The summed E-state index contributed by atoms with van der Waals surface area (Å²) in [7, 11) is 0. The molecule has 9 aromatic rings. The molecule has 0 amide bonds. The van der Waals surface area contributed by atoms with Crippen molar-refractivity contribution in [2.75, 3.05) is 4.90 Å². The molecule has 0 spiro atoms. The average molecular weight is 549 g/mol. The summed E-state index contributed by atoms with van der Waals surface area (Å²) in [6.07, 6.45) is 1.89. The number of furan rings is 2. The third-order valence-electron chi connectivity index (χ3n) is 9.43. The number of anilines is 3. The number of hydrogen-bond acceptors (Lipinski definition) is 4. The van der Waals surface area contributed by atoms with Crippen molar-refractivity contribution in [2.24, 2.45) is 0 Å². The van der Waals surface area contributed by atoms with Crippen LogP contribution in [0.4, 0.5) is 17.1 Å². The van der Waals surface area contributed by atoms with E-state index in [1.54, 1.807) is 0 Å². The fourth-order valence-electron chi connectivity index (χ4n) is 7.80. The molecule has 5 nitrogen and oxygen atoms in total. The Kier molecular flexibility index (Phi) is 3.85. The maximum atomic E-state index is 6.89. The lowest BCUT2D eigenvalue weighted by atomic mass is 9.36. The summed E-state index contributed by atoms with van der Waals surface area (Å²) >= 11 is 0. The second-order valence-corrected chi connectivity index (χ2v) is 11.5. The maximum absolute atomic E-state index is 6.89. The first-order valence-corrected chi connectivity index (χ1v) is 14.6. The molecule has 198 valence electrons. The number of nitrogens with zero attached hydrogens (tertiary/aromatic N) is 3. The van der Waals surface area contributed by atoms with Gasteiger partial charge in [0.2, 0.25) is 0 Å². The van der Waals surface area contributed by atoms with Crippen LogP contribution in [0.3, 0.4) is 0 Å².